The molecule has 0 aliphatic carbocycles. The summed E-state index contributed by atoms with van der Waals surface area (Å²) < 4.78 is 6.31. The van der Waals surface area contributed by atoms with Crippen molar-refractivity contribution < 1.29 is 4.42 Å². The SMILES string of the molecule is Cc1cc(Br)cnc1N(C)Cc1ccco1. The Morgan fingerprint density at radius 1 is 1.50 bits per heavy atom. The van der Waals surface area contributed by atoms with Crippen LogP contribution in [0.2, 0.25) is 0 Å². The molecule has 3 nitrogen and oxygen atoms in total. The van der Waals surface area contributed by atoms with Gasteiger partial charge in [0.25, 0.3) is 0 Å². The smallest absolute Gasteiger partial charge is 0.131 e. The molecule has 0 N–H and O–H groups in total. The van der Waals surface area contributed by atoms with Crippen LogP contribution in [0.4, 0.5) is 5.82 Å². The van der Waals surface area contributed by atoms with Gasteiger partial charge in [0.1, 0.15) is 11.6 Å². The maximum Gasteiger partial charge on any atom is 0.131 e. The van der Waals surface area contributed by atoms with E-state index in [0.29, 0.717) is 0 Å². The highest BCUT2D eigenvalue weighted by Crippen LogP contribution is 2.21. The largest absolute Gasteiger partial charge is 0.467 e. The molecule has 2 heterocycles. The Hall–Kier alpha value is -1.29. The number of hydrogen-bond acceptors (Lipinski definition) is 3. The van der Waals surface area contributed by atoms with E-state index in [-0.39, 0.29) is 0 Å². The number of furan rings is 1. The van der Waals surface area contributed by atoms with Crippen LogP contribution < -0.4 is 4.90 Å². The number of halogens is 1. The van der Waals surface area contributed by atoms with Gasteiger partial charge >= 0.3 is 0 Å². The van der Waals surface area contributed by atoms with Crippen molar-refractivity contribution in [2.45, 2.75) is 13.5 Å². The van der Waals surface area contributed by atoms with Gasteiger partial charge in [0, 0.05) is 17.7 Å². The Morgan fingerprint density at radius 2 is 2.31 bits per heavy atom. The van der Waals surface area contributed by atoms with Crippen molar-refractivity contribution in [3.05, 3.63) is 46.5 Å². The lowest BCUT2D eigenvalue weighted by Crippen LogP contribution is -2.18. The third kappa shape index (κ3) is 2.44. The summed E-state index contributed by atoms with van der Waals surface area (Å²) in [5.41, 5.74) is 1.14. The van der Waals surface area contributed by atoms with Crippen LogP contribution in [0, 0.1) is 6.92 Å². The molecule has 0 amide bonds. The van der Waals surface area contributed by atoms with Crippen LogP contribution in [0.5, 0.6) is 0 Å². The molecule has 84 valence electrons. The van der Waals surface area contributed by atoms with Gasteiger partial charge in [0.15, 0.2) is 0 Å². The highest BCUT2D eigenvalue weighted by Gasteiger charge is 2.08. The van der Waals surface area contributed by atoms with Gasteiger partial charge in [-0.15, -0.1) is 0 Å². The molecule has 0 saturated carbocycles. The van der Waals surface area contributed by atoms with Crippen LogP contribution >= 0.6 is 15.9 Å². The summed E-state index contributed by atoms with van der Waals surface area (Å²) in [7, 11) is 2.01. The molecule has 0 aromatic carbocycles. The van der Waals surface area contributed by atoms with Crippen molar-refractivity contribution in [2.75, 3.05) is 11.9 Å². The van der Waals surface area contributed by atoms with Crippen LogP contribution in [-0.2, 0) is 6.54 Å². The van der Waals surface area contributed by atoms with Gasteiger partial charge in [0.05, 0.1) is 12.8 Å². The molecule has 0 saturated heterocycles. The average Bonchev–Trinajstić information content (AvgIpc) is 2.70. The second-order valence-corrected chi connectivity index (χ2v) is 4.65. The molecule has 0 atom stereocenters. The number of aromatic nitrogens is 1. The van der Waals surface area contributed by atoms with E-state index < -0.39 is 0 Å². The van der Waals surface area contributed by atoms with Crippen LogP contribution in [0.3, 0.4) is 0 Å². The van der Waals surface area contributed by atoms with E-state index in [1.165, 1.54) is 0 Å². The molecule has 2 rings (SSSR count). The average molecular weight is 281 g/mol. The molecule has 2 aromatic rings. The highest BCUT2D eigenvalue weighted by molar-refractivity contribution is 9.10. The van der Waals surface area contributed by atoms with Crippen LogP contribution in [0.1, 0.15) is 11.3 Å². The highest BCUT2D eigenvalue weighted by atomic mass is 79.9. The quantitative estimate of drug-likeness (QED) is 0.863. The Kier molecular flexibility index (Phi) is 3.29. The van der Waals surface area contributed by atoms with Crippen molar-refractivity contribution >= 4 is 21.7 Å². The normalized spacial score (nSPS) is 10.4. The maximum absolute atomic E-state index is 5.31. The summed E-state index contributed by atoms with van der Waals surface area (Å²) in [4.78, 5) is 6.47. The van der Waals surface area contributed by atoms with Gasteiger partial charge in [-0.25, -0.2) is 4.98 Å². The Bertz CT molecular complexity index is 468. The molecule has 2 aromatic heterocycles. The van der Waals surface area contributed by atoms with E-state index in [0.717, 1.165) is 28.2 Å². The van der Waals surface area contributed by atoms with Gasteiger partial charge in [-0.2, -0.15) is 0 Å². The minimum absolute atomic E-state index is 0.725. The second kappa shape index (κ2) is 4.70. The number of rotatable bonds is 3. The Labute approximate surface area is 103 Å². The van der Waals surface area contributed by atoms with Crippen LogP contribution in [0.15, 0.2) is 39.5 Å². The van der Waals surface area contributed by atoms with Crippen molar-refractivity contribution in [2.24, 2.45) is 0 Å². The molecule has 0 aliphatic heterocycles. The molecule has 4 heteroatoms. The molecule has 0 fully saturated rings. The van der Waals surface area contributed by atoms with Crippen molar-refractivity contribution in [1.29, 1.82) is 0 Å². The maximum atomic E-state index is 5.31. The monoisotopic (exact) mass is 280 g/mol. The van der Waals surface area contributed by atoms with E-state index >= 15 is 0 Å². The van der Waals surface area contributed by atoms with Crippen LogP contribution in [-0.4, -0.2) is 12.0 Å². The van der Waals surface area contributed by atoms with Gasteiger partial charge < -0.3 is 9.32 Å². The zero-order valence-corrected chi connectivity index (χ0v) is 10.9. The predicted octanol–water partition coefficient (Wildman–Crippen LogP) is 3.38. The van der Waals surface area contributed by atoms with Gasteiger partial charge in [-0.1, -0.05) is 0 Å². The topological polar surface area (TPSA) is 29.3 Å². The molecule has 0 spiro atoms. The summed E-state index contributed by atoms with van der Waals surface area (Å²) in [6.07, 6.45) is 3.49. The van der Waals surface area contributed by atoms with Crippen molar-refractivity contribution in [1.82, 2.24) is 4.98 Å². The number of pyridine rings is 1. The van der Waals surface area contributed by atoms with E-state index in [1.807, 2.05) is 26.1 Å². The first-order valence-corrected chi connectivity index (χ1v) is 5.82. The summed E-state index contributed by atoms with van der Waals surface area (Å²) >= 11 is 3.41. The second-order valence-electron chi connectivity index (χ2n) is 3.73. The number of hydrogen-bond donors (Lipinski definition) is 0. The molecular weight excluding hydrogens is 268 g/mol. The fourth-order valence-corrected chi connectivity index (χ4v) is 2.09. The minimum atomic E-state index is 0.725. The first-order valence-electron chi connectivity index (χ1n) is 5.02. The zero-order valence-electron chi connectivity index (χ0n) is 9.27. The van der Waals surface area contributed by atoms with E-state index in [1.54, 1.807) is 12.5 Å². The van der Waals surface area contributed by atoms with Crippen LogP contribution in [0.25, 0.3) is 0 Å². The molecule has 0 radical (unpaired) electrons. The number of nitrogens with zero attached hydrogens (tertiary/aromatic N) is 2. The Morgan fingerprint density at radius 3 is 2.94 bits per heavy atom. The lowest BCUT2D eigenvalue weighted by atomic mass is 10.2. The van der Waals surface area contributed by atoms with E-state index in [4.69, 9.17) is 4.42 Å². The lowest BCUT2D eigenvalue weighted by molar-refractivity contribution is 0.507. The number of anilines is 1. The van der Waals surface area contributed by atoms with Gasteiger partial charge in [-0.05, 0) is 46.6 Å². The summed E-state index contributed by atoms with van der Waals surface area (Å²) in [5.74, 6) is 1.91. The molecule has 0 bridgehead atoms. The van der Waals surface area contributed by atoms with E-state index in [9.17, 15) is 0 Å². The molecule has 0 aliphatic rings. The Balaban J connectivity index is 2.17. The standard InChI is InChI=1S/C12H13BrN2O/c1-9-6-10(13)7-14-12(9)15(2)8-11-4-3-5-16-11/h3-7H,8H2,1-2H3. The summed E-state index contributed by atoms with van der Waals surface area (Å²) in [5, 5.41) is 0. The van der Waals surface area contributed by atoms with Crippen molar-refractivity contribution in [3.8, 4) is 0 Å². The third-order valence-corrected chi connectivity index (χ3v) is 2.79. The third-order valence-electron chi connectivity index (χ3n) is 2.35. The molecular formula is C12H13BrN2O. The lowest BCUT2D eigenvalue weighted by Gasteiger charge is -2.18. The van der Waals surface area contributed by atoms with Gasteiger partial charge in [0.2, 0.25) is 0 Å². The fraction of sp³-hybridized carbons (Fsp3) is 0.250. The molecule has 0 unspecified atom stereocenters. The van der Waals surface area contributed by atoms with E-state index in [2.05, 4.69) is 31.9 Å². The minimum Gasteiger partial charge on any atom is -0.467 e. The summed E-state index contributed by atoms with van der Waals surface area (Å²) in [6, 6.07) is 5.91. The van der Waals surface area contributed by atoms with Gasteiger partial charge in [-0.3, -0.25) is 0 Å². The first-order chi connectivity index (χ1) is 7.66. The predicted molar refractivity (Wildman–Crippen MR) is 67.5 cm³/mol. The first kappa shape index (κ1) is 11.2. The zero-order chi connectivity index (χ0) is 11.5. The molecule has 16 heavy (non-hydrogen) atoms. The number of aryl methyl sites for hydroxylation is 1. The van der Waals surface area contributed by atoms with Crippen molar-refractivity contribution in [3.63, 3.8) is 0 Å². The fourth-order valence-electron chi connectivity index (χ4n) is 1.64. The summed E-state index contributed by atoms with van der Waals surface area (Å²) in [6.45, 7) is 2.77.